The molecule has 0 bridgehead atoms. The fraction of sp³-hybridized carbons (Fsp3) is 0.200. The highest BCUT2D eigenvalue weighted by Gasteiger charge is 2.46. The highest BCUT2D eigenvalue weighted by molar-refractivity contribution is 6.46. The number of aliphatic hydroxyl groups is 1. The average molecular weight is 433 g/mol. The van der Waals surface area contributed by atoms with Crippen LogP contribution in [0.1, 0.15) is 35.4 Å². The number of likely N-dealkylation sites (tertiary alicyclic amines) is 1. The highest BCUT2D eigenvalue weighted by atomic mass is 16.5. The second kappa shape index (κ2) is 8.63. The Morgan fingerprint density at radius 2 is 1.88 bits per heavy atom. The lowest BCUT2D eigenvalue weighted by Crippen LogP contribution is -2.29. The third-order valence-corrected chi connectivity index (χ3v) is 5.37. The van der Waals surface area contributed by atoms with Crippen LogP contribution >= 0.6 is 0 Å². The summed E-state index contributed by atoms with van der Waals surface area (Å²) in [5.41, 5.74) is 1.92. The second-order valence-corrected chi connectivity index (χ2v) is 7.53. The van der Waals surface area contributed by atoms with Gasteiger partial charge in [-0.05, 0) is 43.7 Å². The molecule has 2 heterocycles. The van der Waals surface area contributed by atoms with Crippen molar-refractivity contribution < 1.29 is 29.0 Å². The van der Waals surface area contributed by atoms with E-state index in [0.29, 0.717) is 23.5 Å². The summed E-state index contributed by atoms with van der Waals surface area (Å²) in [6, 6.07) is 14.2. The van der Waals surface area contributed by atoms with Gasteiger partial charge in [-0.1, -0.05) is 35.9 Å². The van der Waals surface area contributed by atoms with Crippen LogP contribution in [0.3, 0.4) is 0 Å². The molecule has 32 heavy (non-hydrogen) atoms. The summed E-state index contributed by atoms with van der Waals surface area (Å²) in [7, 11) is 0. The normalized spacial score (nSPS) is 17.7. The van der Waals surface area contributed by atoms with E-state index in [-0.39, 0.29) is 29.4 Å². The number of furan rings is 1. The minimum Gasteiger partial charge on any atom is -0.507 e. The number of hydrogen-bond donors (Lipinski definition) is 2. The van der Waals surface area contributed by atoms with Gasteiger partial charge in [0.2, 0.25) is 0 Å². The van der Waals surface area contributed by atoms with Crippen molar-refractivity contribution in [3.05, 3.63) is 88.9 Å². The standard InChI is InChI=1S/C25H23NO6/c1-3-31-20-13-17(10-11-19(20)27)22-21(23(28)16-8-6-15(2)7-9-16)24(29)25(30)26(22)14-18-5-4-12-32-18/h4-13,22,27-28H,3,14H2,1-2H3/b23-21+/t22-/m1/s1. The summed E-state index contributed by atoms with van der Waals surface area (Å²) < 4.78 is 10.9. The van der Waals surface area contributed by atoms with Crippen molar-refractivity contribution in [1.29, 1.82) is 0 Å². The van der Waals surface area contributed by atoms with Gasteiger partial charge in [-0.15, -0.1) is 0 Å². The minimum atomic E-state index is -0.888. The first-order valence-electron chi connectivity index (χ1n) is 10.2. The molecule has 1 fully saturated rings. The number of phenols is 1. The predicted octanol–water partition coefficient (Wildman–Crippen LogP) is 4.31. The second-order valence-electron chi connectivity index (χ2n) is 7.53. The molecule has 0 aliphatic carbocycles. The lowest BCUT2D eigenvalue weighted by Gasteiger charge is -2.25. The van der Waals surface area contributed by atoms with E-state index in [1.165, 1.54) is 17.2 Å². The minimum absolute atomic E-state index is 0.0291. The fourth-order valence-corrected chi connectivity index (χ4v) is 3.80. The molecule has 1 aliphatic rings. The molecule has 7 nitrogen and oxygen atoms in total. The van der Waals surface area contributed by atoms with Crippen LogP contribution in [0.2, 0.25) is 0 Å². The smallest absolute Gasteiger partial charge is 0.296 e. The average Bonchev–Trinajstić information content (AvgIpc) is 3.38. The maximum absolute atomic E-state index is 13.1. The molecule has 0 saturated carbocycles. The molecule has 2 aromatic carbocycles. The number of aliphatic hydroxyl groups excluding tert-OH is 1. The topological polar surface area (TPSA) is 100 Å². The zero-order chi connectivity index (χ0) is 22.8. The number of hydrogen-bond acceptors (Lipinski definition) is 6. The highest BCUT2D eigenvalue weighted by Crippen LogP contribution is 2.42. The van der Waals surface area contributed by atoms with E-state index in [9.17, 15) is 19.8 Å². The summed E-state index contributed by atoms with van der Waals surface area (Å²) in [5, 5.41) is 21.2. The van der Waals surface area contributed by atoms with Crippen molar-refractivity contribution in [1.82, 2.24) is 4.90 Å². The van der Waals surface area contributed by atoms with E-state index in [1.54, 1.807) is 43.3 Å². The number of phenolic OH excluding ortho intramolecular Hbond substituents is 1. The third-order valence-electron chi connectivity index (χ3n) is 5.37. The van der Waals surface area contributed by atoms with Crippen molar-refractivity contribution in [2.45, 2.75) is 26.4 Å². The quantitative estimate of drug-likeness (QED) is 0.341. The molecule has 1 amide bonds. The van der Waals surface area contributed by atoms with E-state index in [1.807, 2.05) is 19.1 Å². The Labute approximate surface area is 185 Å². The van der Waals surface area contributed by atoms with E-state index in [2.05, 4.69) is 0 Å². The number of ketones is 1. The van der Waals surface area contributed by atoms with Gasteiger partial charge in [-0.2, -0.15) is 0 Å². The van der Waals surface area contributed by atoms with Crippen molar-refractivity contribution in [2.24, 2.45) is 0 Å². The Bertz CT molecular complexity index is 1180. The monoisotopic (exact) mass is 433 g/mol. The van der Waals surface area contributed by atoms with Crippen LogP contribution in [-0.2, 0) is 16.1 Å². The molecule has 1 atom stereocenters. The van der Waals surface area contributed by atoms with Crippen LogP contribution in [0.5, 0.6) is 11.5 Å². The van der Waals surface area contributed by atoms with Crippen molar-refractivity contribution in [3.63, 3.8) is 0 Å². The molecule has 0 radical (unpaired) electrons. The molecule has 164 valence electrons. The number of aromatic hydroxyl groups is 1. The van der Waals surface area contributed by atoms with Gasteiger partial charge in [0.1, 0.15) is 11.5 Å². The number of carbonyl (C=O) groups is 2. The SMILES string of the molecule is CCOc1cc([C@@H]2/C(=C(\O)c3ccc(C)cc3)C(=O)C(=O)N2Cc2ccco2)ccc1O. The maximum Gasteiger partial charge on any atom is 0.296 e. The van der Waals surface area contributed by atoms with Crippen molar-refractivity contribution >= 4 is 17.4 Å². The van der Waals surface area contributed by atoms with E-state index < -0.39 is 17.7 Å². The van der Waals surface area contributed by atoms with E-state index >= 15 is 0 Å². The Morgan fingerprint density at radius 3 is 2.53 bits per heavy atom. The number of aryl methyl sites for hydroxylation is 1. The number of ether oxygens (including phenoxy) is 1. The first-order chi connectivity index (χ1) is 15.4. The third kappa shape index (κ3) is 3.85. The van der Waals surface area contributed by atoms with Crippen molar-refractivity contribution in [2.75, 3.05) is 6.61 Å². The Morgan fingerprint density at radius 1 is 1.12 bits per heavy atom. The van der Waals surface area contributed by atoms with Crippen LogP contribution in [0, 0.1) is 6.92 Å². The summed E-state index contributed by atoms with van der Waals surface area (Å²) in [6.07, 6.45) is 1.49. The lowest BCUT2D eigenvalue weighted by molar-refractivity contribution is -0.140. The van der Waals surface area contributed by atoms with Crippen LogP contribution in [-0.4, -0.2) is 33.4 Å². The molecule has 3 aromatic rings. The van der Waals surface area contributed by atoms with Gasteiger partial charge in [0.25, 0.3) is 11.7 Å². The van der Waals surface area contributed by atoms with Crippen LogP contribution in [0.15, 0.2) is 70.9 Å². The molecule has 1 saturated heterocycles. The molecular weight excluding hydrogens is 410 g/mol. The zero-order valence-electron chi connectivity index (χ0n) is 17.7. The lowest BCUT2D eigenvalue weighted by atomic mass is 9.94. The maximum atomic E-state index is 13.1. The summed E-state index contributed by atoms with van der Waals surface area (Å²) >= 11 is 0. The molecule has 4 rings (SSSR count). The van der Waals surface area contributed by atoms with Crippen LogP contribution < -0.4 is 4.74 Å². The number of nitrogens with zero attached hydrogens (tertiary/aromatic N) is 1. The van der Waals surface area contributed by atoms with Crippen LogP contribution in [0.4, 0.5) is 0 Å². The first kappa shape index (κ1) is 21.2. The largest absolute Gasteiger partial charge is 0.507 e. The number of benzene rings is 2. The van der Waals surface area contributed by atoms with Gasteiger partial charge in [0, 0.05) is 5.56 Å². The van der Waals surface area contributed by atoms with Gasteiger partial charge in [-0.25, -0.2) is 0 Å². The van der Waals surface area contributed by atoms with Gasteiger partial charge in [0.05, 0.1) is 31.0 Å². The van der Waals surface area contributed by atoms with Crippen molar-refractivity contribution in [3.8, 4) is 11.5 Å². The Balaban J connectivity index is 1.88. The zero-order valence-corrected chi connectivity index (χ0v) is 17.7. The molecule has 7 heteroatoms. The van der Waals surface area contributed by atoms with Gasteiger partial charge >= 0.3 is 0 Å². The molecule has 0 spiro atoms. The Kier molecular flexibility index (Phi) is 5.73. The van der Waals surface area contributed by atoms with Gasteiger partial charge in [-0.3, -0.25) is 9.59 Å². The molecule has 0 unspecified atom stereocenters. The number of amides is 1. The van der Waals surface area contributed by atoms with Gasteiger partial charge < -0.3 is 24.3 Å². The number of carbonyl (C=O) groups excluding carboxylic acids is 2. The van der Waals surface area contributed by atoms with E-state index in [4.69, 9.17) is 9.15 Å². The molecule has 1 aromatic heterocycles. The summed E-state index contributed by atoms with van der Waals surface area (Å²) in [4.78, 5) is 27.4. The molecular formula is C25H23NO6. The Hall–Kier alpha value is -4.00. The predicted molar refractivity (Wildman–Crippen MR) is 117 cm³/mol. The molecule has 2 N–H and O–H groups in total. The molecule has 1 aliphatic heterocycles. The summed E-state index contributed by atoms with van der Waals surface area (Å²) in [5.74, 6) is -1.13. The van der Waals surface area contributed by atoms with Gasteiger partial charge in [0.15, 0.2) is 11.5 Å². The number of rotatable bonds is 6. The summed E-state index contributed by atoms with van der Waals surface area (Å²) in [6.45, 7) is 4.06. The first-order valence-corrected chi connectivity index (χ1v) is 10.2. The fourth-order valence-electron chi connectivity index (χ4n) is 3.80. The van der Waals surface area contributed by atoms with E-state index in [0.717, 1.165) is 5.56 Å². The number of Topliss-reactive ketones (excluding diaryl/α,β-unsaturated/α-hetero) is 1. The van der Waals surface area contributed by atoms with Crippen LogP contribution in [0.25, 0.3) is 5.76 Å².